The van der Waals surface area contributed by atoms with Crippen molar-refractivity contribution in [1.29, 1.82) is 0 Å². The van der Waals surface area contributed by atoms with Gasteiger partial charge in [0, 0.05) is 18.0 Å². The number of hydrogen-bond donors (Lipinski definition) is 3. The lowest BCUT2D eigenvalue weighted by atomic mass is 10.1. The zero-order valence-corrected chi connectivity index (χ0v) is 14.0. The quantitative estimate of drug-likeness (QED) is 0.519. The van der Waals surface area contributed by atoms with Crippen molar-refractivity contribution in [3.8, 4) is 0 Å². The lowest BCUT2D eigenvalue weighted by molar-refractivity contribution is -0.136. The number of thioether (sulfide) groups is 1. The van der Waals surface area contributed by atoms with Crippen molar-refractivity contribution in [2.24, 2.45) is 0 Å². The molecule has 7 nitrogen and oxygen atoms in total. The Balaban J connectivity index is 2.55. The second-order valence-electron chi connectivity index (χ2n) is 5.14. The van der Waals surface area contributed by atoms with Crippen LogP contribution in [0.1, 0.15) is 17.3 Å². The molecule has 0 aliphatic carbocycles. The highest BCUT2D eigenvalue weighted by molar-refractivity contribution is 7.98. The van der Waals surface area contributed by atoms with Gasteiger partial charge in [-0.05, 0) is 37.4 Å². The van der Waals surface area contributed by atoms with Crippen LogP contribution in [0.3, 0.4) is 0 Å². The van der Waals surface area contributed by atoms with Gasteiger partial charge in [0.25, 0.3) is 0 Å². The fraction of sp³-hybridized carbons (Fsp3) is 0.400. The minimum atomic E-state index is -1.09. The van der Waals surface area contributed by atoms with Gasteiger partial charge in [-0.3, -0.25) is 9.59 Å². The van der Waals surface area contributed by atoms with Crippen LogP contribution in [-0.4, -0.2) is 54.2 Å². The van der Waals surface area contributed by atoms with Crippen molar-refractivity contribution in [2.75, 3.05) is 31.0 Å². The number of benzene rings is 1. The van der Waals surface area contributed by atoms with Crippen LogP contribution in [0.4, 0.5) is 5.69 Å². The molecule has 0 bridgehead atoms. The van der Waals surface area contributed by atoms with Crippen molar-refractivity contribution < 1.29 is 24.2 Å². The molecule has 0 radical (unpaired) electrons. The zero-order valence-electron chi connectivity index (χ0n) is 13.2. The largest absolute Gasteiger partial charge is 0.465 e. The summed E-state index contributed by atoms with van der Waals surface area (Å²) in [5.41, 5.74) is -0.380. The molecule has 1 unspecified atom stereocenters. The van der Waals surface area contributed by atoms with Gasteiger partial charge in [-0.1, -0.05) is 0 Å². The average Bonchev–Trinajstić information content (AvgIpc) is 2.52. The maximum absolute atomic E-state index is 11.8. The van der Waals surface area contributed by atoms with Crippen LogP contribution in [-0.2, 0) is 14.3 Å². The highest BCUT2D eigenvalue weighted by Crippen LogP contribution is 2.11. The van der Waals surface area contributed by atoms with Crippen LogP contribution >= 0.6 is 11.8 Å². The van der Waals surface area contributed by atoms with E-state index in [9.17, 15) is 19.5 Å². The molecule has 0 saturated heterocycles. The predicted octanol–water partition coefficient (Wildman–Crippen LogP) is 0.642. The van der Waals surface area contributed by atoms with Gasteiger partial charge in [-0.25, -0.2) is 4.79 Å². The molecule has 0 aliphatic rings. The summed E-state index contributed by atoms with van der Waals surface area (Å²) in [6.45, 7) is 1.55. The van der Waals surface area contributed by atoms with E-state index in [-0.39, 0.29) is 6.54 Å². The topological polar surface area (TPSA) is 105 Å². The molecule has 0 saturated carbocycles. The number of hydrogen-bond acceptors (Lipinski definition) is 6. The fourth-order valence-electron chi connectivity index (χ4n) is 1.71. The summed E-state index contributed by atoms with van der Waals surface area (Å²) in [5, 5.41) is 14.7. The van der Waals surface area contributed by atoms with E-state index in [4.69, 9.17) is 0 Å². The van der Waals surface area contributed by atoms with Gasteiger partial charge < -0.3 is 20.5 Å². The molecular weight excluding hydrogens is 320 g/mol. The number of amides is 2. The molecule has 1 atom stereocenters. The van der Waals surface area contributed by atoms with E-state index in [1.54, 1.807) is 6.92 Å². The van der Waals surface area contributed by atoms with E-state index in [2.05, 4.69) is 15.4 Å². The Kier molecular flexibility index (Phi) is 7.05. The molecule has 0 spiro atoms. The maximum atomic E-state index is 11.8. The van der Waals surface area contributed by atoms with Crippen LogP contribution in [0.25, 0.3) is 0 Å². The number of carbonyl (C=O) groups is 3. The zero-order chi connectivity index (χ0) is 17.5. The Hall–Kier alpha value is -2.06. The number of nitrogens with one attached hydrogen (secondary N) is 2. The Morgan fingerprint density at radius 1 is 1.22 bits per heavy atom. The fourth-order valence-corrected chi connectivity index (χ4v) is 2.43. The number of aliphatic hydroxyl groups is 1. The molecule has 23 heavy (non-hydrogen) atoms. The smallest absolute Gasteiger partial charge is 0.337 e. The summed E-state index contributed by atoms with van der Waals surface area (Å²) in [7, 11) is 1.27. The Labute approximate surface area is 138 Å². The summed E-state index contributed by atoms with van der Waals surface area (Å²) in [5.74, 6) is -1.75. The first kappa shape index (κ1) is 19.0. The van der Waals surface area contributed by atoms with Crippen molar-refractivity contribution in [1.82, 2.24) is 5.32 Å². The molecule has 126 valence electrons. The van der Waals surface area contributed by atoms with E-state index < -0.39 is 23.4 Å². The predicted molar refractivity (Wildman–Crippen MR) is 88.4 cm³/mol. The van der Waals surface area contributed by atoms with Crippen LogP contribution in [0, 0.1) is 0 Å². The number of methoxy groups -OCH3 is 1. The van der Waals surface area contributed by atoms with Gasteiger partial charge in [-0.15, -0.1) is 0 Å². The van der Waals surface area contributed by atoms with Crippen LogP contribution in [0.2, 0.25) is 0 Å². The number of rotatable bonds is 6. The van der Waals surface area contributed by atoms with Crippen molar-refractivity contribution in [3.63, 3.8) is 0 Å². The van der Waals surface area contributed by atoms with E-state index in [1.165, 1.54) is 43.1 Å². The van der Waals surface area contributed by atoms with Crippen molar-refractivity contribution in [2.45, 2.75) is 12.5 Å². The van der Waals surface area contributed by atoms with Crippen LogP contribution in [0.15, 0.2) is 24.3 Å². The molecule has 8 heteroatoms. The van der Waals surface area contributed by atoms with E-state index in [0.717, 1.165) is 0 Å². The molecule has 0 fully saturated rings. The van der Waals surface area contributed by atoms with Gasteiger partial charge in [0.05, 0.1) is 18.3 Å². The standard InChI is InChI=1S/C15H20N2O5S/c1-15(21,9-23-3)8-16-12(18)13(19)17-11-6-4-10(5-7-11)14(20)22-2/h4-7,21H,8-9H2,1-3H3,(H,16,18)(H,17,19). The van der Waals surface area contributed by atoms with Gasteiger partial charge in [-0.2, -0.15) is 11.8 Å². The summed E-state index contributed by atoms with van der Waals surface area (Å²) < 4.78 is 4.56. The highest BCUT2D eigenvalue weighted by atomic mass is 32.2. The summed E-state index contributed by atoms with van der Waals surface area (Å²) >= 11 is 1.44. The molecule has 1 aromatic rings. The Bertz CT molecular complexity index is 572. The lowest BCUT2D eigenvalue weighted by Crippen LogP contribution is -2.45. The number of ether oxygens (including phenoxy) is 1. The van der Waals surface area contributed by atoms with Gasteiger partial charge in [0.2, 0.25) is 0 Å². The monoisotopic (exact) mass is 340 g/mol. The highest BCUT2D eigenvalue weighted by Gasteiger charge is 2.22. The minimum Gasteiger partial charge on any atom is -0.465 e. The third-order valence-electron chi connectivity index (χ3n) is 2.86. The van der Waals surface area contributed by atoms with Crippen molar-refractivity contribution in [3.05, 3.63) is 29.8 Å². The van der Waals surface area contributed by atoms with E-state index >= 15 is 0 Å². The lowest BCUT2D eigenvalue weighted by Gasteiger charge is -2.22. The molecule has 3 N–H and O–H groups in total. The molecule has 1 aromatic carbocycles. The number of carbonyl (C=O) groups excluding carboxylic acids is 3. The van der Waals surface area contributed by atoms with E-state index in [0.29, 0.717) is 17.0 Å². The van der Waals surface area contributed by atoms with Gasteiger partial charge in [0.1, 0.15) is 0 Å². The SMILES string of the molecule is COC(=O)c1ccc(NC(=O)C(=O)NCC(C)(O)CSC)cc1. The molecule has 0 aromatic heterocycles. The summed E-state index contributed by atoms with van der Waals surface area (Å²) in [6, 6.07) is 5.92. The summed E-state index contributed by atoms with van der Waals surface area (Å²) in [6.07, 6.45) is 1.83. The van der Waals surface area contributed by atoms with Crippen LogP contribution in [0.5, 0.6) is 0 Å². The van der Waals surface area contributed by atoms with Crippen LogP contribution < -0.4 is 10.6 Å². The molecule has 1 rings (SSSR count). The molecule has 2 amide bonds. The summed E-state index contributed by atoms with van der Waals surface area (Å²) in [4.78, 5) is 34.8. The number of esters is 1. The minimum absolute atomic E-state index is 0.0264. The third-order valence-corrected chi connectivity index (χ3v) is 3.77. The first-order valence-corrected chi connectivity index (χ1v) is 8.17. The Morgan fingerprint density at radius 2 is 1.83 bits per heavy atom. The van der Waals surface area contributed by atoms with Gasteiger partial charge in [0.15, 0.2) is 0 Å². The first-order chi connectivity index (χ1) is 10.8. The second-order valence-corrected chi connectivity index (χ2v) is 6.00. The first-order valence-electron chi connectivity index (χ1n) is 6.78. The average molecular weight is 340 g/mol. The normalized spacial score (nSPS) is 12.9. The maximum Gasteiger partial charge on any atom is 0.337 e. The number of anilines is 1. The van der Waals surface area contributed by atoms with Gasteiger partial charge >= 0.3 is 17.8 Å². The molecular formula is C15H20N2O5S. The molecule has 0 heterocycles. The van der Waals surface area contributed by atoms with E-state index in [1.807, 2.05) is 6.26 Å². The third kappa shape index (κ3) is 6.29. The Morgan fingerprint density at radius 3 is 2.35 bits per heavy atom. The second kappa shape index (κ2) is 8.54. The molecule has 0 aliphatic heterocycles. The van der Waals surface area contributed by atoms with Crippen molar-refractivity contribution >= 4 is 35.2 Å².